The van der Waals surface area contributed by atoms with Gasteiger partial charge in [-0.3, -0.25) is 9.78 Å². The topological polar surface area (TPSA) is 63.0 Å². The number of hydrogen-bond acceptors (Lipinski definition) is 4. The SMILES string of the molecule is CC(C)(C)OC(=O)CC(=N)c1cncc(Br)c1. The monoisotopic (exact) mass is 298 g/mol. The van der Waals surface area contributed by atoms with Gasteiger partial charge in [0.25, 0.3) is 0 Å². The minimum Gasteiger partial charge on any atom is -0.460 e. The molecule has 0 aromatic carbocycles. The Labute approximate surface area is 109 Å². The molecule has 0 atom stereocenters. The number of hydrogen-bond donors (Lipinski definition) is 1. The van der Waals surface area contributed by atoms with Gasteiger partial charge in [0, 0.05) is 22.4 Å². The number of rotatable bonds is 3. The molecule has 0 bridgehead atoms. The number of carbonyl (C=O) groups excluding carboxylic acids is 1. The van der Waals surface area contributed by atoms with Gasteiger partial charge >= 0.3 is 5.97 Å². The molecule has 92 valence electrons. The Morgan fingerprint density at radius 2 is 2.12 bits per heavy atom. The summed E-state index contributed by atoms with van der Waals surface area (Å²) in [7, 11) is 0. The normalized spacial score (nSPS) is 11.1. The number of esters is 1. The molecular formula is C12H15BrN2O2. The molecule has 0 unspecified atom stereocenters. The molecule has 1 N–H and O–H groups in total. The van der Waals surface area contributed by atoms with Crippen LogP contribution in [0.4, 0.5) is 0 Å². The largest absolute Gasteiger partial charge is 0.460 e. The first-order chi connectivity index (χ1) is 7.78. The summed E-state index contributed by atoms with van der Waals surface area (Å²) in [5, 5.41) is 7.80. The fraction of sp³-hybridized carbons (Fsp3) is 0.417. The highest BCUT2D eigenvalue weighted by molar-refractivity contribution is 9.10. The van der Waals surface area contributed by atoms with E-state index in [1.165, 1.54) is 0 Å². The molecule has 1 rings (SSSR count). The van der Waals surface area contributed by atoms with Crippen LogP contribution >= 0.6 is 15.9 Å². The molecule has 1 aromatic heterocycles. The molecule has 0 spiro atoms. The van der Waals surface area contributed by atoms with Gasteiger partial charge in [0.2, 0.25) is 0 Å². The highest BCUT2D eigenvalue weighted by Crippen LogP contribution is 2.13. The molecule has 0 saturated heterocycles. The van der Waals surface area contributed by atoms with Gasteiger partial charge < -0.3 is 10.1 Å². The van der Waals surface area contributed by atoms with Crippen LogP contribution in [-0.4, -0.2) is 22.3 Å². The summed E-state index contributed by atoms with van der Waals surface area (Å²) >= 11 is 3.27. The predicted octanol–water partition coefficient (Wildman–Crippen LogP) is 2.94. The second kappa shape index (κ2) is 5.40. The Balaban J connectivity index is 2.64. The standard InChI is InChI=1S/C12H15BrN2O2/c1-12(2,3)17-11(16)5-10(14)8-4-9(13)7-15-6-8/h4,6-7,14H,5H2,1-3H3. The number of nitrogens with one attached hydrogen (secondary N) is 1. The maximum absolute atomic E-state index is 11.5. The van der Waals surface area contributed by atoms with Crippen LogP contribution in [0.1, 0.15) is 32.8 Å². The van der Waals surface area contributed by atoms with Crippen LogP contribution in [0.25, 0.3) is 0 Å². The second-order valence-electron chi connectivity index (χ2n) is 4.63. The fourth-order valence-electron chi connectivity index (χ4n) is 1.20. The summed E-state index contributed by atoms with van der Waals surface area (Å²) in [5.74, 6) is -0.400. The Bertz CT molecular complexity index is 438. The third-order valence-electron chi connectivity index (χ3n) is 1.79. The van der Waals surface area contributed by atoms with Gasteiger partial charge in [0.15, 0.2) is 0 Å². The molecular weight excluding hydrogens is 284 g/mol. The molecule has 1 aromatic rings. The lowest BCUT2D eigenvalue weighted by atomic mass is 10.1. The van der Waals surface area contributed by atoms with E-state index in [0.29, 0.717) is 5.56 Å². The Hall–Kier alpha value is -1.23. The van der Waals surface area contributed by atoms with Crippen molar-refractivity contribution in [2.45, 2.75) is 32.8 Å². The van der Waals surface area contributed by atoms with Crippen molar-refractivity contribution in [2.75, 3.05) is 0 Å². The van der Waals surface area contributed by atoms with Crippen molar-refractivity contribution in [3.05, 3.63) is 28.5 Å². The van der Waals surface area contributed by atoms with Crippen LogP contribution in [0.3, 0.4) is 0 Å². The van der Waals surface area contributed by atoms with Crippen molar-refractivity contribution < 1.29 is 9.53 Å². The van der Waals surface area contributed by atoms with Gasteiger partial charge in [-0.15, -0.1) is 0 Å². The molecule has 0 saturated carbocycles. The molecule has 0 aliphatic carbocycles. The van der Waals surface area contributed by atoms with E-state index in [4.69, 9.17) is 10.1 Å². The molecule has 5 heteroatoms. The number of aromatic nitrogens is 1. The first kappa shape index (κ1) is 13.8. The molecule has 0 aliphatic rings. The van der Waals surface area contributed by atoms with Gasteiger partial charge in [-0.05, 0) is 42.8 Å². The molecule has 0 fully saturated rings. The van der Waals surface area contributed by atoms with E-state index in [1.54, 1.807) is 39.2 Å². The Morgan fingerprint density at radius 1 is 1.47 bits per heavy atom. The van der Waals surface area contributed by atoms with Crippen LogP contribution in [0.2, 0.25) is 0 Å². The van der Waals surface area contributed by atoms with Crippen molar-refractivity contribution in [3.63, 3.8) is 0 Å². The van der Waals surface area contributed by atoms with Crippen molar-refractivity contribution in [1.82, 2.24) is 4.98 Å². The Morgan fingerprint density at radius 3 is 2.65 bits per heavy atom. The highest BCUT2D eigenvalue weighted by atomic mass is 79.9. The van der Waals surface area contributed by atoms with E-state index in [0.717, 1.165) is 4.47 Å². The summed E-state index contributed by atoms with van der Waals surface area (Å²) in [4.78, 5) is 15.5. The molecule has 17 heavy (non-hydrogen) atoms. The summed E-state index contributed by atoms with van der Waals surface area (Å²) in [6.07, 6.45) is 3.14. The third-order valence-corrected chi connectivity index (χ3v) is 2.23. The lowest BCUT2D eigenvalue weighted by molar-refractivity contribution is -0.153. The molecule has 0 amide bonds. The Kier molecular flexibility index (Phi) is 4.40. The lowest BCUT2D eigenvalue weighted by Gasteiger charge is -2.19. The van der Waals surface area contributed by atoms with E-state index >= 15 is 0 Å². The van der Waals surface area contributed by atoms with Gasteiger partial charge in [0.1, 0.15) is 5.60 Å². The van der Waals surface area contributed by atoms with Crippen molar-refractivity contribution in [1.29, 1.82) is 5.41 Å². The maximum Gasteiger partial charge on any atom is 0.312 e. The van der Waals surface area contributed by atoms with Gasteiger partial charge in [-0.2, -0.15) is 0 Å². The number of nitrogens with zero attached hydrogens (tertiary/aromatic N) is 1. The smallest absolute Gasteiger partial charge is 0.312 e. The van der Waals surface area contributed by atoms with Crippen molar-refractivity contribution >= 4 is 27.6 Å². The summed E-state index contributed by atoms with van der Waals surface area (Å²) in [5.41, 5.74) is 0.297. The van der Waals surface area contributed by atoms with Crippen LogP contribution in [0, 0.1) is 5.41 Å². The quantitative estimate of drug-likeness (QED) is 0.689. The summed E-state index contributed by atoms with van der Waals surface area (Å²) in [6.45, 7) is 5.40. The number of halogens is 1. The average Bonchev–Trinajstić information content (AvgIpc) is 2.14. The van der Waals surface area contributed by atoms with Gasteiger partial charge in [-0.25, -0.2) is 0 Å². The fourth-order valence-corrected chi connectivity index (χ4v) is 1.57. The number of pyridine rings is 1. The first-order valence-electron chi connectivity index (χ1n) is 5.18. The average molecular weight is 299 g/mol. The van der Waals surface area contributed by atoms with Crippen LogP contribution < -0.4 is 0 Å². The number of carbonyl (C=O) groups is 1. The molecule has 4 nitrogen and oxygen atoms in total. The van der Waals surface area contributed by atoms with E-state index < -0.39 is 11.6 Å². The zero-order valence-electron chi connectivity index (χ0n) is 10.1. The van der Waals surface area contributed by atoms with E-state index in [1.807, 2.05) is 0 Å². The minimum absolute atomic E-state index is 0.0462. The van der Waals surface area contributed by atoms with E-state index in [2.05, 4.69) is 20.9 Å². The third kappa shape index (κ3) is 5.08. The summed E-state index contributed by atoms with van der Waals surface area (Å²) in [6, 6.07) is 1.75. The van der Waals surface area contributed by atoms with E-state index in [-0.39, 0.29) is 12.1 Å². The van der Waals surface area contributed by atoms with Gasteiger partial charge in [0.05, 0.1) is 12.1 Å². The van der Waals surface area contributed by atoms with E-state index in [9.17, 15) is 4.79 Å². The molecule has 0 radical (unpaired) electrons. The molecule has 0 aliphatic heterocycles. The first-order valence-corrected chi connectivity index (χ1v) is 5.97. The maximum atomic E-state index is 11.5. The van der Waals surface area contributed by atoms with Crippen molar-refractivity contribution in [3.8, 4) is 0 Å². The lowest BCUT2D eigenvalue weighted by Crippen LogP contribution is -2.25. The zero-order chi connectivity index (χ0) is 13.1. The van der Waals surface area contributed by atoms with Gasteiger partial charge in [-0.1, -0.05) is 0 Å². The second-order valence-corrected chi connectivity index (χ2v) is 5.55. The highest BCUT2D eigenvalue weighted by Gasteiger charge is 2.18. The molecule has 1 heterocycles. The zero-order valence-corrected chi connectivity index (χ0v) is 11.7. The minimum atomic E-state index is -0.521. The number of ether oxygens (including phenoxy) is 1. The van der Waals surface area contributed by atoms with Crippen LogP contribution in [0.15, 0.2) is 22.9 Å². The van der Waals surface area contributed by atoms with Crippen LogP contribution in [0.5, 0.6) is 0 Å². The summed E-state index contributed by atoms with van der Waals surface area (Å²) < 4.78 is 5.93. The predicted molar refractivity (Wildman–Crippen MR) is 69.2 cm³/mol. The van der Waals surface area contributed by atoms with Crippen LogP contribution in [-0.2, 0) is 9.53 Å². The van der Waals surface area contributed by atoms with Crippen molar-refractivity contribution in [2.24, 2.45) is 0 Å².